The molecule has 0 spiro atoms. The minimum absolute atomic E-state index is 0.206. The zero-order valence-corrected chi connectivity index (χ0v) is 13.7. The number of halogens is 3. The maximum absolute atomic E-state index is 12.6. The quantitative estimate of drug-likeness (QED) is 0.847. The van der Waals surface area contributed by atoms with Gasteiger partial charge in [-0.15, -0.1) is 0 Å². The molecule has 0 atom stereocenters. The molecule has 1 saturated heterocycles. The van der Waals surface area contributed by atoms with E-state index in [4.69, 9.17) is 0 Å². The molecule has 0 N–H and O–H groups in total. The Morgan fingerprint density at radius 2 is 1.80 bits per heavy atom. The Labute approximate surface area is 142 Å². The molecule has 1 aliphatic heterocycles. The van der Waals surface area contributed by atoms with E-state index in [2.05, 4.69) is 19.9 Å². The van der Waals surface area contributed by atoms with Gasteiger partial charge in [-0.3, -0.25) is 9.36 Å². The molecule has 3 heterocycles. The van der Waals surface area contributed by atoms with Gasteiger partial charge in [-0.05, 0) is 31.2 Å². The molecule has 2 aromatic rings. The molecule has 134 valence electrons. The average molecular weight is 353 g/mol. The molecule has 0 unspecified atom stereocenters. The van der Waals surface area contributed by atoms with Crippen molar-refractivity contribution in [2.45, 2.75) is 32.5 Å². The van der Waals surface area contributed by atoms with E-state index in [1.807, 2.05) is 6.92 Å². The molecule has 1 aliphatic rings. The smallest absolute Gasteiger partial charge is 0.341 e. The maximum atomic E-state index is 12.6. The van der Waals surface area contributed by atoms with Gasteiger partial charge in [0.25, 0.3) is 5.56 Å². The number of nitrogens with zero attached hydrogens (tertiary/aromatic N) is 5. The van der Waals surface area contributed by atoms with E-state index in [0.29, 0.717) is 18.6 Å². The van der Waals surface area contributed by atoms with Crippen LogP contribution in [0.2, 0.25) is 0 Å². The number of aromatic nitrogens is 4. The highest BCUT2D eigenvalue weighted by Gasteiger charge is 2.33. The van der Waals surface area contributed by atoms with Crippen LogP contribution in [0.4, 0.5) is 19.1 Å². The maximum Gasteiger partial charge on any atom is 0.433 e. The Morgan fingerprint density at radius 3 is 2.36 bits per heavy atom. The lowest BCUT2D eigenvalue weighted by Gasteiger charge is -2.32. The molecule has 0 saturated carbocycles. The first-order valence-corrected chi connectivity index (χ1v) is 8.00. The van der Waals surface area contributed by atoms with Gasteiger partial charge in [0.1, 0.15) is 0 Å². The molecular formula is C16H18F3N5O. The summed E-state index contributed by atoms with van der Waals surface area (Å²) in [6.45, 7) is 3.78. The van der Waals surface area contributed by atoms with E-state index in [1.165, 1.54) is 4.57 Å². The van der Waals surface area contributed by atoms with Crippen LogP contribution in [0, 0.1) is 12.8 Å². The number of hydrogen-bond donors (Lipinski definition) is 0. The van der Waals surface area contributed by atoms with Crippen LogP contribution >= 0.6 is 0 Å². The summed E-state index contributed by atoms with van der Waals surface area (Å²) < 4.78 is 38.9. The van der Waals surface area contributed by atoms with Crippen LogP contribution in [0.1, 0.15) is 24.1 Å². The number of alkyl halides is 3. The normalized spacial score (nSPS) is 16.2. The van der Waals surface area contributed by atoms with Crippen molar-refractivity contribution in [3.05, 3.63) is 46.4 Å². The van der Waals surface area contributed by atoms with Crippen molar-refractivity contribution < 1.29 is 13.2 Å². The number of aryl methyl sites for hydroxylation is 1. The van der Waals surface area contributed by atoms with Gasteiger partial charge in [0.2, 0.25) is 5.95 Å². The number of piperidine rings is 1. The topological polar surface area (TPSA) is 63.9 Å². The van der Waals surface area contributed by atoms with Gasteiger partial charge < -0.3 is 4.90 Å². The SMILES string of the molecule is Cc1cnc(N2CCC(Cn3cnc(C(F)(F)F)cc3=O)CC2)nc1. The standard InChI is InChI=1S/C16H18F3N5O/c1-11-7-20-15(21-8-11)23-4-2-12(3-5-23)9-24-10-22-13(6-14(24)25)16(17,18)19/h6-8,10,12H,2-5,9H2,1H3. The van der Waals surface area contributed by atoms with E-state index in [9.17, 15) is 18.0 Å². The molecule has 2 aromatic heterocycles. The summed E-state index contributed by atoms with van der Waals surface area (Å²) in [5.74, 6) is 0.885. The predicted octanol–water partition coefficient (Wildman–Crippen LogP) is 2.28. The zero-order chi connectivity index (χ0) is 18.0. The van der Waals surface area contributed by atoms with E-state index in [0.717, 1.165) is 37.8 Å². The molecule has 0 amide bonds. The second-order valence-corrected chi connectivity index (χ2v) is 6.25. The molecular weight excluding hydrogens is 335 g/mol. The Hall–Kier alpha value is -2.45. The van der Waals surface area contributed by atoms with Crippen molar-refractivity contribution in [3.63, 3.8) is 0 Å². The highest BCUT2D eigenvalue weighted by atomic mass is 19.4. The molecule has 0 aromatic carbocycles. The van der Waals surface area contributed by atoms with E-state index < -0.39 is 17.4 Å². The van der Waals surface area contributed by atoms with Gasteiger partial charge >= 0.3 is 6.18 Å². The van der Waals surface area contributed by atoms with Gasteiger partial charge in [0, 0.05) is 38.1 Å². The minimum atomic E-state index is -4.60. The second-order valence-electron chi connectivity index (χ2n) is 6.25. The fraction of sp³-hybridized carbons (Fsp3) is 0.500. The lowest BCUT2D eigenvalue weighted by molar-refractivity contribution is -0.141. The first-order valence-electron chi connectivity index (χ1n) is 8.00. The number of rotatable bonds is 3. The Bertz CT molecular complexity index is 780. The summed E-state index contributed by atoms with van der Waals surface area (Å²) in [6, 6.07) is 0.551. The molecule has 9 heteroatoms. The lowest BCUT2D eigenvalue weighted by Crippen LogP contribution is -2.37. The average Bonchev–Trinajstić information content (AvgIpc) is 2.57. The van der Waals surface area contributed by atoms with Crippen LogP contribution in [0.3, 0.4) is 0 Å². The second kappa shape index (κ2) is 6.81. The van der Waals surface area contributed by atoms with Crippen molar-refractivity contribution in [2.75, 3.05) is 18.0 Å². The van der Waals surface area contributed by atoms with E-state index >= 15 is 0 Å². The fourth-order valence-corrected chi connectivity index (χ4v) is 2.86. The molecule has 3 rings (SSSR count). The fourth-order valence-electron chi connectivity index (χ4n) is 2.86. The molecule has 25 heavy (non-hydrogen) atoms. The monoisotopic (exact) mass is 353 g/mol. The molecule has 0 radical (unpaired) electrons. The van der Waals surface area contributed by atoms with Crippen LogP contribution < -0.4 is 10.5 Å². The summed E-state index contributed by atoms with van der Waals surface area (Å²) in [7, 11) is 0. The van der Waals surface area contributed by atoms with Crippen molar-refractivity contribution >= 4 is 5.95 Å². The van der Waals surface area contributed by atoms with Gasteiger partial charge in [0.05, 0.1) is 6.33 Å². The van der Waals surface area contributed by atoms with Crippen molar-refractivity contribution in [3.8, 4) is 0 Å². The van der Waals surface area contributed by atoms with Crippen LogP contribution in [-0.4, -0.2) is 32.6 Å². The summed E-state index contributed by atoms with van der Waals surface area (Å²) in [6.07, 6.45) is 1.54. The van der Waals surface area contributed by atoms with Gasteiger partial charge in [-0.25, -0.2) is 15.0 Å². The molecule has 0 bridgehead atoms. The van der Waals surface area contributed by atoms with Crippen molar-refractivity contribution in [1.29, 1.82) is 0 Å². The molecule has 6 nitrogen and oxygen atoms in total. The molecule has 0 aliphatic carbocycles. The minimum Gasteiger partial charge on any atom is -0.341 e. The van der Waals surface area contributed by atoms with Crippen LogP contribution in [0.25, 0.3) is 0 Å². The predicted molar refractivity (Wildman–Crippen MR) is 85.2 cm³/mol. The van der Waals surface area contributed by atoms with Gasteiger partial charge in [-0.2, -0.15) is 13.2 Å². The Kier molecular flexibility index (Phi) is 4.73. The third-order valence-electron chi connectivity index (χ3n) is 4.29. The summed E-state index contributed by atoms with van der Waals surface area (Å²) >= 11 is 0. The summed E-state index contributed by atoms with van der Waals surface area (Å²) in [4.78, 5) is 25.9. The summed E-state index contributed by atoms with van der Waals surface area (Å²) in [5, 5.41) is 0. The third-order valence-corrected chi connectivity index (χ3v) is 4.29. The van der Waals surface area contributed by atoms with Gasteiger partial charge in [0.15, 0.2) is 5.69 Å². The summed E-state index contributed by atoms with van der Waals surface area (Å²) in [5.41, 5.74) is -0.834. The molecule has 1 fully saturated rings. The lowest BCUT2D eigenvalue weighted by atomic mass is 9.97. The van der Waals surface area contributed by atoms with E-state index in [-0.39, 0.29) is 5.92 Å². The van der Waals surface area contributed by atoms with E-state index in [1.54, 1.807) is 12.4 Å². The highest BCUT2D eigenvalue weighted by Crippen LogP contribution is 2.26. The van der Waals surface area contributed by atoms with Crippen molar-refractivity contribution in [1.82, 2.24) is 19.5 Å². The van der Waals surface area contributed by atoms with Crippen LogP contribution in [-0.2, 0) is 12.7 Å². The Balaban J connectivity index is 1.61. The zero-order valence-electron chi connectivity index (χ0n) is 13.7. The Morgan fingerprint density at radius 1 is 1.16 bits per heavy atom. The number of anilines is 1. The first-order chi connectivity index (χ1) is 11.8. The largest absolute Gasteiger partial charge is 0.433 e. The van der Waals surface area contributed by atoms with Crippen LogP contribution in [0.15, 0.2) is 29.6 Å². The highest BCUT2D eigenvalue weighted by molar-refractivity contribution is 5.30. The van der Waals surface area contributed by atoms with Crippen molar-refractivity contribution in [2.24, 2.45) is 5.92 Å². The van der Waals surface area contributed by atoms with Gasteiger partial charge in [-0.1, -0.05) is 0 Å². The first kappa shape index (κ1) is 17.4. The van der Waals surface area contributed by atoms with Crippen LogP contribution in [0.5, 0.6) is 0 Å². The number of hydrogen-bond acceptors (Lipinski definition) is 5. The third kappa shape index (κ3) is 4.15.